The quantitative estimate of drug-likeness (QED) is 0.662. The highest BCUT2D eigenvalue weighted by Crippen LogP contribution is 2.06. The van der Waals surface area contributed by atoms with E-state index in [0.717, 1.165) is 6.20 Å². The highest BCUT2D eigenvalue weighted by atomic mass is 32.2. The van der Waals surface area contributed by atoms with Crippen molar-refractivity contribution in [2.75, 3.05) is 0 Å². The molecule has 0 radical (unpaired) electrons. The molecule has 0 aliphatic rings. The fourth-order valence-corrected chi connectivity index (χ4v) is 2.14. The largest absolute Gasteiger partial charge is 0.480 e. The second kappa shape index (κ2) is 4.62. The number of carbonyl (C=O) groups is 1. The van der Waals surface area contributed by atoms with Gasteiger partial charge in [-0.15, -0.1) is 0 Å². The standard InChI is InChI=1S/C8H13N3O4S/c1-3-6-9-4-7(10-6)16(14,15)11-5(2)8(12)13/h4-5,11H,3H2,1-2H3,(H,9,10)(H,12,13)/t5-/m1/s1. The molecule has 0 saturated carbocycles. The Hall–Kier alpha value is -1.41. The number of nitrogens with zero attached hydrogens (tertiary/aromatic N) is 1. The first-order chi connectivity index (χ1) is 7.36. The molecule has 8 heteroatoms. The van der Waals surface area contributed by atoms with Crippen molar-refractivity contribution in [3.63, 3.8) is 0 Å². The lowest BCUT2D eigenvalue weighted by atomic mass is 10.4. The Bertz CT molecular complexity index is 479. The molecular formula is C8H13N3O4S. The number of aromatic nitrogens is 2. The maximum absolute atomic E-state index is 11.6. The van der Waals surface area contributed by atoms with E-state index in [1.54, 1.807) is 0 Å². The van der Waals surface area contributed by atoms with Crippen molar-refractivity contribution in [1.82, 2.24) is 14.7 Å². The van der Waals surface area contributed by atoms with Gasteiger partial charge in [-0.25, -0.2) is 13.4 Å². The summed E-state index contributed by atoms with van der Waals surface area (Å²) >= 11 is 0. The number of imidazole rings is 1. The molecule has 1 atom stereocenters. The molecule has 0 fully saturated rings. The fourth-order valence-electron chi connectivity index (χ4n) is 1.01. The van der Waals surface area contributed by atoms with Gasteiger partial charge in [0.1, 0.15) is 11.9 Å². The molecule has 0 bridgehead atoms. The number of rotatable bonds is 5. The third-order valence-corrected chi connectivity index (χ3v) is 3.38. The molecule has 1 rings (SSSR count). The molecule has 0 aliphatic carbocycles. The van der Waals surface area contributed by atoms with E-state index in [4.69, 9.17) is 5.11 Å². The van der Waals surface area contributed by atoms with Crippen LogP contribution in [0, 0.1) is 0 Å². The molecule has 0 amide bonds. The zero-order valence-electron chi connectivity index (χ0n) is 8.89. The van der Waals surface area contributed by atoms with Gasteiger partial charge in [0.2, 0.25) is 0 Å². The summed E-state index contributed by atoms with van der Waals surface area (Å²) in [4.78, 5) is 16.9. The molecule has 16 heavy (non-hydrogen) atoms. The second-order valence-corrected chi connectivity index (χ2v) is 4.91. The predicted molar refractivity (Wildman–Crippen MR) is 55.4 cm³/mol. The van der Waals surface area contributed by atoms with Crippen LogP contribution in [-0.4, -0.2) is 35.5 Å². The number of sulfonamides is 1. The Balaban J connectivity index is 2.90. The number of aromatic amines is 1. The lowest BCUT2D eigenvalue weighted by Crippen LogP contribution is -2.38. The van der Waals surface area contributed by atoms with Crippen LogP contribution in [0.25, 0.3) is 0 Å². The summed E-state index contributed by atoms with van der Waals surface area (Å²) in [7, 11) is -3.84. The minimum atomic E-state index is -3.84. The summed E-state index contributed by atoms with van der Waals surface area (Å²) < 4.78 is 25.3. The number of hydrogen-bond donors (Lipinski definition) is 3. The van der Waals surface area contributed by atoms with Gasteiger partial charge in [-0.1, -0.05) is 6.92 Å². The zero-order chi connectivity index (χ0) is 12.3. The fraction of sp³-hybridized carbons (Fsp3) is 0.500. The summed E-state index contributed by atoms with van der Waals surface area (Å²) in [5.41, 5.74) is 0. The van der Waals surface area contributed by atoms with Crippen LogP contribution >= 0.6 is 0 Å². The monoisotopic (exact) mass is 247 g/mol. The molecule has 3 N–H and O–H groups in total. The van der Waals surface area contributed by atoms with Gasteiger partial charge < -0.3 is 10.1 Å². The average molecular weight is 247 g/mol. The summed E-state index contributed by atoms with van der Waals surface area (Å²) in [6.07, 6.45) is 1.74. The average Bonchev–Trinajstić information content (AvgIpc) is 2.65. The highest BCUT2D eigenvalue weighted by Gasteiger charge is 2.22. The van der Waals surface area contributed by atoms with Gasteiger partial charge in [0.05, 0.1) is 6.20 Å². The Morgan fingerprint density at radius 2 is 2.31 bits per heavy atom. The van der Waals surface area contributed by atoms with Crippen LogP contribution in [0.2, 0.25) is 0 Å². The molecule has 7 nitrogen and oxygen atoms in total. The maximum Gasteiger partial charge on any atom is 0.321 e. The van der Waals surface area contributed by atoms with Crippen molar-refractivity contribution in [3.8, 4) is 0 Å². The van der Waals surface area contributed by atoms with Gasteiger partial charge in [0.25, 0.3) is 10.0 Å². The van der Waals surface area contributed by atoms with E-state index < -0.39 is 22.0 Å². The Kier molecular flexibility index (Phi) is 3.66. The van der Waals surface area contributed by atoms with E-state index in [2.05, 4.69) is 9.97 Å². The molecule has 0 spiro atoms. The van der Waals surface area contributed by atoms with Gasteiger partial charge in [-0.3, -0.25) is 4.79 Å². The molecule has 0 saturated heterocycles. The predicted octanol–water partition coefficient (Wildman–Crippen LogP) is -0.277. The molecule has 1 aromatic heterocycles. The molecular weight excluding hydrogens is 234 g/mol. The van der Waals surface area contributed by atoms with Gasteiger partial charge in [-0.2, -0.15) is 4.72 Å². The molecule has 1 heterocycles. The first-order valence-corrected chi connectivity index (χ1v) is 6.14. The van der Waals surface area contributed by atoms with Crippen molar-refractivity contribution in [2.45, 2.75) is 31.3 Å². The van der Waals surface area contributed by atoms with Crippen LogP contribution < -0.4 is 4.72 Å². The first-order valence-electron chi connectivity index (χ1n) is 4.66. The molecule has 0 aliphatic heterocycles. The smallest absolute Gasteiger partial charge is 0.321 e. The maximum atomic E-state index is 11.6. The summed E-state index contributed by atoms with van der Waals surface area (Å²) in [6.45, 7) is 3.07. The van der Waals surface area contributed by atoms with E-state index in [1.165, 1.54) is 6.92 Å². The van der Waals surface area contributed by atoms with Crippen molar-refractivity contribution in [2.24, 2.45) is 0 Å². The van der Waals surface area contributed by atoms with Crippen LogP contribution in [-0.2, 0) is 21.2 Å². The minimum absolute atomic E-state index is 0.127. The molecule has 0 unspecified atom stereocenters. The molecule has 1 aromatic rings. The van der Waals surface area contributed by atoms with Crippen molar-refractivity contribution in [3.05, 3.63) is 12.0 Å². The molecule has 90 valence electrons. The summed E-state index contributed by atoms with van der Waals surface area (Å²) in [5.74, 6) is -0.706. The molecule has 0 aromatic carbocycles. The van der Waals surface area contributed by atoms with Crippen LogP contribution in [0.4, 0.5) is 0 Å². The van der Waals surface area contributed by atoms with Crippen molar-refractivity contribution < 1.29 is 18.3 Å². The van der Waals surface area contributed by atoms with E-state index >= 15 is 0 Å². The number of aryl methyl sites for hydroxylation is 1. The van der Waals surface area contributed by atoms with Crippen LogP contribution in [0.1, 0.15) is 19.7 Å². The second-order valence-electron chi connectivity index (χ2n) is 3.23. The number of H-pyrrole nitrogens is 1. The first kappa shape index (κ1) is 12.7. The highest BCUT2D eigenvalue weighted by molar-refractivity contribution is 7.89. The Morgan fingerprint density at radius 3 is 2.75 bits per heavy atom. The zero-order valence-corrected chi connectivity index (χ0v) is 9.71. The van der Waals surface area contributed by atoms with Crippen LogP contribution in [0.15, 0.2) is 11.2 Å². The van der Waals surface area contributed by atoms with Crippen LogP contribution in [0.3, 0.4) is 0 Å². The number of carboxylic acid groups (broad SMARTS) is 1. The van der Waals surface area contributed by atoms with E-state index in [-0.39, 0.29) is 5.03 Å². The normalized spacial score (nSPS) is 13.6. The summed E-state index contributed by atoms with van der Waals surface area (Å²) in [6, 6.07) is -1.18. The van der Waals surface area contributed by atoms with E-state index in [9.17, 15) is 13.2 Å². The lowest BCUT2D eigenvalue weighted by molar-refractivity contribution is -0.138. The van der Waals surface area contributed by atoms with Gasteiger partial charge in [-0.05, 0) is 6.92 Å². The van der Waals surface area contributed by atoms with Crippen LogP contribution in [0.5, 0.6) is 0 Å². The van der Waals surface area contributed by atoms with Crippen molar-refractivity contribution >= 4 is 16.0 Å². The van der Waals surface area contributed by atoms with E-state index in [1.807, 2.05) is 11.6 Å². The van der Waals surface area contributed by atoms with Gasteiger partial charge in [0.15, 0.2) is 5.03 Å². The number of carboxylic acids is 1. The Morgan fingerprint density at radius 1 is 1.69 bits per heavy atom. The Labute approximate surface area is 93.0 Å². The van der Waals surface area contributed by atoms with Gasteiger partial charge in [0, 0.05) is 6.42 Å². The number of aliphatic carboxylic acids is 1. The third kappa shape index (κ3) is 2.80. The van der Waals surface area contributed by atoms with Crippen molar-refractivity contribution in [1.29, 1.82) is 0 Å². The van der Waals surface area contributed by atoms with E-state index in [0.29, 0.717) is 12.2 Å². The van der Waals surface area contributed by atoms with Gasteiger partial charge >= 0.3 is 5.97 Å². The number of hydrogen-bond acceptors (Lipinski definition) is 4. The minimum Gasteiger partial charge on any atom is -0.480 e. The summed E-state index contributed by atoms with van der Waals surface area (Å²) in [5, 5.41) is 8.46. The lowest BCUT2D eigenvalue weighted by Gasteiger charge is -2.07. The number of nitrogens with one attached hydrogen (secondary N) is 2. The third-order valence-electron chi connectivity index (χ3n) is 1.93. The topological polar surface area (TPSA) is 112 Å². The SMILES string of the molecule is CCc1ncc(S(=O)(=O)N[C@H](C)C(=O)O)[nH]1.